The molecule has 2 N–H and O–H groups in total. The maximum atomic E-state index is 12.6. The van der Waals surface area contributed by atoms with Crippen molar-refractivity contribution >= 4 is 52.5 Å². The van der Waals surface area contributed by atoms with Gasteiger partial charge in [0.05, 0.1) is 22.4 Å². The first kappa shape index (κ1) is 25.1. The Morgan fingerprint density at radius 3 is 2.42 bits per heavy atom. The van der Waals surface area contributed by atoms with Crippen molar-refractivity contribution in [1.29, 1.82) is 0 Å². The highest BCUT2D eigenvalue weighted by Crippen LogP contribution is 2.24. The number of carbonyl (C=O) groups is 2. The Morgan fingerprint density at radius 2 is 1.79 bits per heavy atom. The van der Waals surface area contributed by atoms with Crippen molar-refractivity contribution in [2.24, 2.45) is 0 Å². The van der Waals surface area contributed by atoms with E-state index in [0.717, 1.165) is 16.8 Å². The summed E-state index contributed by atoms with van der Waals surface area (Å²) in [7, 11) is 0. The monoisotopic (exact) mass is 505 g/mol. The second kappa shape index (κ2) is 11.0. The normalized spacial score (nSPS) is 11.8. The van der Waals surface area contributed by atoms with Crippen molar-refractivity contribution in [2.75, 3.05) is 11.1 Å². The lowest BCUT2D eigenvalue weighted by Crippen LogP contribution is -2.29. The van der Waals surface area contributed by atoms with Crippen LogP contribution in [0.3, 0.4) is 0 Å². The van der Waals surface area contributed by atoms with E-state index >= 15 is 0 Å². The van der Waals surface area contributed by atoms with Crippen LogP contribution in [0.4, 0.5) is 5.69 Å². The molecule has 33 heavy (non-hydrogen) atoms. The number of nitrogens with one attached hydrogen (secondary N) is 2. The zero-order chi connectivity index (χ0) is 24.1. The number of benzene rings is 2. The van der Waals surface area contributed by atoms with E-state index in [-0.39, 0.29) is 22.6 Å². The molecule has 1 atom stereocenters. The minimum atomic E-state index is -0.421. The van der Waals surface area contributed by atoms with Gasteiger partial charge in [-0.15, -0.1) is 10.2 Å². The van der Waals surface area contributed by atoms with Crippen molar-refractivity contribution in [1.82, 2.24) is 20.1 Å². The van der Waals surface area contributed by atoms with Crippen LogP contribution in [0.25, 0.3) is 0 Å². The zero-order valence-corrected chi connectivity index (χ0v) is 21.1. The van der Waals surface area contributed by atoms with Gasteiger partial charge in [-0.2, -0.15) is 0 Å². The molecular weight excluding hydrogens is 481 g/mol. The van der Waals surface area contributed by atoms with Gasteiger partial charge in [0.1, 0.15) is 0 Å². The van der Waals surface area contributed by atoms with Gasteiger partial charge < -0.3 is 15.2 Å². The second-order valence-corrected chi connectivity index (χ2v) is 9.40. The Bertz CT molecular complexity index is 1160. The Kier molecular flexibility index (Phi) is 8.40. The van der Waals surface area contributed by atoms with Gasteiger partial charge in [0.2, 0.25) is 5.91 Å². The van der Waals surface area contributed by atoms with Crippen LogP contribution < -0.4 is 10.6 Å². The standard InChI is InChI=1S/C23H25Cl2N5O2S/c1-5-30-21(15(4)26-22(32)18-7-6-16(24)11-19(18)25)28-29-23(30)33-12-20(31)27-17-9-13(2)8-14(3)10-17/h6-11,15H,5,12H2,1-4H3,(H,26,32)(H,27,31). The molecule has 1 aromatic heterocycles. The third-order valence-electron chi connectivity index (χ3n) is 4.81. The minimum absolute atomic E-state index is 0.129. The van der Waals surface area contributed by atoms with Crippen LogP contribution in [0.15, 0.2) is 41.6 Å². The predicted molar refractivity (Wildman–Crippen MR) is 133 cm³/mol. The number of nitrogens with zero attached hydrogens (tertiary/aromatic N) is 3. The average molecular weight is 506 g/mol. The molecule has 0 radical (unpaired) electrons. The molecule has 0 saturated carbocycles. The summed E-state index contributed by atoms with van der Waals surface area (Å²) in [6.45, 7) is 8.34. The summed E-state index contributed by atoms with van der Waals surface area (Å²) >= 11 is 13.3. The molecule has 1 heterocycles. The quantitative estimate of drug-likeness (QED) is 0.397. The van der Waals surface area contributed by atoms with Crippen molar-refractivity contribution in [3.05, 3.63) is 69.0 Å². The van der Waals surface area contributed by atoms with Gasteiger partial charge in [0.15, 0.2) is 11.0 Å². The number of hydrogen-bond donors (Lipinski definition) is 2. The van der Waals surface area contributed by atoms with Gasteiger partial charge in [-0.25, -0.2) is 0 Å². The molecule has 2 amide bonds. The summed E-state index contributed by atoms with van der Waals surface area (Å²) in [6, 6.07) is 10.2. The van der Waals surface area contributed by atoms with Gasteiger partial charge in [-0.1, -0.05) is 41.0 Å². The third kappa shape index (κ3) is 6.50. The molecule has 3 aromatic rings. The highest BCUT2D eigenvalue weighted by molar-refractivity contribution is 7.99. The van der Waals surface area contributed by atoms with Gasteiger partial charge in [-0.05, 0) is 69.2 Å². The lowest BCUT2D eigenvalue weighted by molar-refractivity contribution is -0.113. The van der Waals surface area contributed by atoms with Crippen LogP contribution in [-0.2, 0) is 11.3 Å². The Morgan fingerprint density at radius 1 is 1.09 bits per heavy atom. The lowest BCUT2D eigenvalue weighted by atomic mass is 10.1. The highest BCUT2D eigenvalue weighted by Gasteiger charge is 2.21. The summed E-state index contributed by atoms with van der Waals surface area (Å²) in [6.07, 6.45) is 0. The molecular formula is C23H25Cl2N5O2S. The van der Waals surface area contributed by atoms with Crippen LogP contribution in [0.1, 0.15) is 47.2 Å². The first-order chi connectivity index (χ1) is 15.7. The van der Waals surface area contributed by atoms with E-state index in [0.29, 0.717) is 28.1 Å². The van der Waals surface area contributed by atoms with Crippen LogP contribution in [0.2, 0.25) is 10.0 Å². The fraction of sp³-hybridized carbons (Fsp3) is 0.304. The first-order valence-corrected chi connectivity index (χ1v) is 12.1. The Balaban J connectivity index is 1.65. The van der Waals surface area contributed by atoms with Crippen LogP contribution in [0.5, 0.6) is 0 Å². The van der Waals surface area contributed by atoms with Gasteiger partial charge >= 0.3 is 0 Å². The van der Waals surface area contributed by atoms with Crippen molar-refractivity contribution in [3.8, 4) is 0 Å². The van der Waals surface area contributed by atoms with E-state index in [1.165, 1.54) is 17.8 Å². The molecule has 0 bridgehead atoms. The molecule has 0 spiro atoms. The van der Waals surface area contributed by atoms with Crippen LogP contribution in [-0.4, -0.2) is 32.3 Å². The average Bonchev–Trinajstić information content (AvgIpc) is 3.14. The fourth-order valence-corrected chi connectivity index (χ4v) is 4.71. The van der Waals surface area contributed by atoms with E-state index in [1.807, 2.05) is 44.4 Å². The van der Waals surface area contributed by atoms with E-state index in [2.05, 4.69) is 26.9 Å². The maximum absolute atomic E-state index is 12.6. The highest BCUT2D eigenvalue weighted by atomic mass is 35.5. The van der Waals surface area contributed by atoms with Crippen molar-refractivity contribution in [3.63, 3.8) is 0 Å². The molecule has 0 fully saturated rings. The summed E-state index contributed by atoms with van der Waals surface area (Å²) in [5.41, 5.74) is 3.27. The Labute approximate surface area is 207 Å². The maximum Gasteiger partial charge on any atom is 0.253 e. The summed E-state index contributed by atoms with van der Waals surface area (Å²) in [4.78, 5) is 25.1. The molecule has 0 aliphatic rings. The first-order valence-electron chi connectivity index (χ1n) is 10.4. The molecule has 3 rings (SSSR count). The number of thioether (sulfide) groups is 1. The molecule has 7 nitrogen and oxygen atoms in total. The number of rotatable bonds is 8. The molecule has 0 aliphatic heterocycles. The van der Waals surface area contributed by atoms with Gasteiger partial charge in [-0.3, -0.25) is 9.59 Å². The second-order valence-electron chi connectivity index (χ2n) is 7.62. The molecule has 10 heteroatoms. The SMILES string of the molecule is CCn1c(SCC(=O)Nc2cc(C)cc(C)c2)nnc1C(C)NC(=O)c1ccc(Cl)cc1Cl. The number of halogens is 2. The van der Waals surface area contributed by atoms with Crippen LogP contribution in [0, 0.1) is 13.8 Å². The smallest absolute Gasteiger partial charge is 0.253 e. The summed E-state index contributed by atoms with van der Waals surface area (Å²) < 4.78 is 1.88. The van der Waals surface area contributed by atoms with Crippen LogP contribution >= 0.6 is 35.0 Å². The number of aryl methyl sites for hydroxylation is 2. The number of aromatic nitrogens is 3. The minimum Gasteiger partial charge on any atom is -0.342 e. The number of carbonyl (C=O) groups excluding carboxylic acids is 2. The number of anilines is 1. The summed E-state index contributed by atoms with van der Waals surface area (Å²) in [5, 5.41) is 15.6. The molecule has 0 aliphatic carbocycles. The fourth-order valence-electron chi connectivity index (χ4n) is 3.41. The third-order valence-corrected chi connectivity index (χ3v) is 6.32. The van der Waals surface area contributed by atoms with E-state index in [9.17, 15) is 9.59 Å². The van der Waals surface area contributed by atoms with E-state index in [4.69, 9.17) is 23.2 Å². The summed E-state index contributed by atoms with van der Waals surface area (Å²) in [5.74, 6) is 0.313. The van der Waals surface area contributed by atoms with Crippen molar-refractivity contribution < 1.29 is 9.59 Å². The number of amides is 2. The molecule has 174 valence electrons. The lowest BCUT2D eigenvalue weighted by Gasteiger charge is -2.15. The van der Waals surface area contributed by atoms with Crippen molar-refractivity contribution in [2.45, 2.75) is 45.4 Å². The Hall–Kier alpha value is -2.55. The predicted octanol–water partition coefficient (Wildman–Crippen LogP) is 5.44. The zero-order valence-electron chi connectivity index (χ0n) is 18.8. The molecule has 1 unspecified atom stereocenters. The topological polar surface area (TPSA) is 88.9 Å². The van der Waals surface area contributed by atoms with E-state index < -0.39 is 6.04 Å². The van der Waals surface area contributed by atoms with Gasteiger partial charge in [0, 0.05) is 17.3 Å². The molecule has 2 aromatic carbocycles. The molecule has 0 saturated heterocycles. The number of hydrogen-bond acceptors (Lipinski definition) is 5. The van der Waals surface area contributed by atoms with E-state index in [1.54, 1.807) is 12.1 Å². The largest absolute Gasteiger partial charge is 0.342 e. The van der Waals surface area contributed by atoms with Gasteiger partial charge in [0.25, 0.3) is 5.91 Å².